The summed E-state index contributed by atoms with van der Waals surface area (Å²) in [6, 6.07) is 0. The van der Waals surface area contributed by atoms with Gasteiger partial charge in [-0.15, -0.1) is 0 Å². The van der Waals surface area contributed by atoms with E-state index in [4.69, 9.17) is 37.0 Å². The number of hydrogen-bond donors (Lipinski definition) is 3. The number of rotatable bonds is 85. The molecule has 0 rings (SSSR count). The number of esters is 4. The first-order valence-electron chi connectivity index (χ1n) is 45.2. The van der Waals surface area contributed by atoms with Crippen molar-refractivity contribution in [3.8, 4) is 0 Å². The number of aliphatic hydroxyl groups excluding tert-OH is 1. The molecule has 0 saturated carbocycles. The van der Waals surface area contributed by atoms with E-state index in [2.05, 4.69) is 55.4 Å². The number of carbonyl (C=O) groups is 4. The largest absolute Gasteiger partial charge is 0.472 e. The first kappa shape index (κ1) is 105. The van der Waals surface area contributed by atoms with E-state index in [0.717, 1.165) is 114 Å². The van der Waals surface area contributed by atoms with Gasteiger partial charge in [-0.25, -0.2) is 9.13 Å². The van der Waals surface area contributed by atoms with Gasteiger partial charge in [0.1, 0.15) is 19.3 Å². The van der Waals surface area contributed by atoms with Gasteiger partial charge in [0, 0.05) is 25.7 Å². The van der Waals surface area contributed by atoms with Crippen molar-refractivity contribution in [1.29, 1.82) is 0 Å². The Balaban J connectivity index is 5.22. The molecule has 0 heterocycles. The van der Waals surface area contributed by atoms with Crippen molar-refractivity contribution in [3.63, 3.8) is 0 Å². The Morgan fingerprint density at radius 1 is 0.234 bits per heavy atom. The van der Waals surface area contributed by atoms with Gasteiger partial charge in [-0.3, -0.25) is 37.3 Å². The summed E-state index contributed by atoms with van der Waals surface area (Å²) in [5, 5.41) is 10.7. The van der Waals surface area contributed by atoms with Crippen LogP contribution in [-0.2, 0) is 65.4 Å². The standard InChI is InChI=1S/C88H172O17P2/c1-78(2)64-56-48-40-33-27-21-15-11-9-10-12-18-25-31-37-45-54-62-71-88(93)105-84(75-99-86(91)69-61-53-47-39-43-51-59-67-81(7)8)77-103-107(96,97)101-73-82(89)72-100-106(94,95)102-76-83(104-87(92)70-63-55-46-38-32-26-20-14-17-23-29-35-42-50-58-66-80(5)6)74-98-85(90)68-60-52-44-36-30-24-19-13-16-22-28-34-41-49-57-65-79(3)4/h78-84,89H,9-77H2,1-8H3,(H,94,95)(H,96,97)/t82?,83-,84-/m1/s1. The summed E-state index contributed by atoms with van der Waals surface area (Å²) in [5.74, 6) is 1.03. The summed E-state index contributed by atoms with van der Waals surface area (Å²) >= 11 is 0. The lowest BCUT2D eigenvalue weighted by atomic mass is 10.0. The number of phosphoric ester groups is 2. The smallest absolute Gasteiger partial charge is 0.462 e. The van der Waals surface area contributed by atoms with Crippen LogP contribution < -0.4 is 0 Å². The third-order valence-corrected chi connectivity index (χ3v) is 22.5. The lowest BCUT2D eigenvalue weighted by Crippen LogP contribution is -2.30. The Morgan fingerprint density at radius 2 is 0.393 bits per heavy atom. The monoisotopic (exact) mass is 1560 g/mol. The molecule has 5 atom stereocenters. The topological polar surface area (TPSA) is 237 Å². The van der Waals surface area contributed by atoms with E-state index >= 15 is 0 Å². The Bertz CT molecular complexity index is 2080. The predicted octanol–water partition coefficient (Wildman–Crippen LogP) is 26.7. The molecule has 0 aromatic rings. The Hall–Kier alpha value is -1.94. The van der Waals surface area contributed by atoms with Crippen molar-refractivity contribution in [2.75, 3.05) is 39.6 Å². The minimum Gasteiger partial charge on any atom is -0.462 e. The molecule has 636 valence electrons. The summed E-state index contributed by atoms with van der Waals surface area (Å²) < 4.78 is 68.9. The van der Waals surface area contributed by atoms with Crippen LogP contribution in [0.4, 0.5) is 0 Å². The van der Waals surface area contributed by atoms with Crippen molar-refractivity contribution < 1.29 is 80.2 Å². The quantitative estimate of drug-likeness (QED) is 0.0222. The molecule has 0 aliphatic rings. The van der Waals surface area contributed by atoms with Gasteiger partial charge in [-0.05, 0) is 49.4 Å². The van der Waals surface area contributed by atoms with Crippen LogP contribution in [0.15, 0.2) is 0 Å². The molecule has 3 unspecified atom stereocenters. The number of phosphoric acid groups is 2. The maximum absolute atomic E-state index is 13.2. The molecule has 17 nitrogen and oxygen atoms in total. The number of unbranched alkanes of at least 4 members (excludes halogenated alkanes) is 51. The van der Waals surface area contributed by atoms with Gasteiger partial charge < -0.3 is 33.8 Å². The second kappa shape index (κ2) is 76.7. The van der Waals surface area contributed by atoms with E-state index in [1.807, 2.05) is 0 Å². The van der Waals surface area contributed by atoms with Crippen LogP contribution in [0.1, 0.15) is 460 Å². The van der Waals surface area contributed by atoms with Gasteiger partial charge in [0.15, 0.2) is 12.2 Å². The molecular weight excluding hydrogens is 1390 g/mol. The van der Waals surface area contributed by atoms with E-state index in [9.17, 15) is 43.2 Å². The third kappa shape index (κ3) is 81.9. The van der Waals surface area contributed by atoms with Crippen LogP contribution in [0, 0.1) is 23.7 Å². The zero-order valence-electron chi connectivity index (χ0n) is 70.8. The van der Waals surface area contributed by atoms with Crippen molar-refractivity contribution in [1.82, 2.24) is 0 Å². The first-order valence-corrected chi connectivity index (χ1v) is 48.2. The number of carbonyl (C=O) groups excluding carboxylic acids is 4. The van der Waals surface area contributed by atoms with Crippen LogP contribution in [0.2, 0.25) is 0 Å². The fraction of sp³-hybridized carbons (Fsp3) is 0.955. The van der Waals surface area contributed by atoms with Crippen LogP contribution in [0.25, 0.3) is 0 Å². The molecule has 3 N–H and O–H groups in total. The fourth-order valence-electron chi connectivity index (χ4n) is 13.7. The maximum atomic E-state index is 13.2. The highest BCUT2D eigenvalue weighted by atomic mass is 31.2. The Labute approximate surface area is 658 Å². The molecule has 0 bridgehead atoms. The maximum Gasteiger partial charge on any atom is 0.472 e. The first-order chi connectivity index (χ1) is 51.6. The third-order valence-electron chi connectivity index (χ3n) is 20.6. The highest BCUT2D eigenvalue weighted by Gasteiger charge is 2.31. The van der Waals surface area contributed by atoms with Gasteiger partial charge >= 0.3 is 39.5 Å². The Kier molecular flexibility index (Phi) is 75.3. The van der Waals surface area contributed by atoms with Gasteiger partial charge in [0.05, 0.1) is 26.4 Å². The minimum absolute atomic E-state index is 0.107. The van der Waals surface area contributed by atoms with E-state index in [1.54, 1.807) is 0 Å². The zero-order valence-corrected chi connectivity index (χ0v) is 72.6. The van der Waals surface area contributed by atoms with Crippen molar-refractivity contribution >= 4 is 39.5 Å². The average Bonchev–Trinajstić information content (AvgIpc) is 0.900. The number of ether oxygens (including phenoxy) is 4. The average molecular weight is 1560 g/mol. The SMILES string of the molecule is CC(C)CCCCCCCCCCCCCCCCCCCCC(=O)O[C@H](COC(=O)CCCCCCCCCC(C)C)COP(=O)(O)OCC(O)COP(=O)(O)OC[C@@H](COC(=O)CCCCCCCCCCCCCCCCCC(C)C)OC(=O)CCCCCCCCCCCCCCCCCC(C)C. The molecule has 0 amide bonds. The molecule has 0 fully saturated rings. The molecule has 19 heteroatoms. The number of aliphatic hydroxyl groups is 1. The van der Waals surface area contributed by atoms with Gasteiger partial charge in [-0.1, -0.05) is 409 Å². The summed E-state index contributed by atoms with van der Waals surface area (Å²) in [7, 11) is -9.93. The highest BCUT2D eigenvalue weighted by Crippen LogP contribution is 2.45. The predicted molar refractivity (Wildman–Crippen MR) is 441 cm³/mol. The molecule has 0 aromatic carbocycles. The molecule has 0 saturated heterocycles. The molecule has 107 heavy (non-hydrogen) atoms. The second-order valence-electron chi connectivity index (χ2n) is 33.5. The molecule has 0 aromatic heterocycles. The van der Waals surface area contributed by atoms with E-state index in [0.29, 0.717) is 31.6 Å². The summed E-state index contributed by atoms with van der Waals surface area (Å²) in [6.07, 6.45) is 66.8. The van der Waals surface area contributed by atoms with Gasteiger partial charge in [0.25, 0.3) is 0 Å². The summed E-state index contributed by atoms with van der Waals surface area (Å²) in [5.41, 5.74) is 0. The van der Waals surface area contributed by atoms with Crippen molar-refractivity contribution in [3.05, 3.63) is 0 Å². The summed E-state index contributed by atoms with van der Waals surface area (Å²) in [4.78, 5) is 73.3. The minimum atomic E-state index is -4.97. The second-order valence-corrected chi connectivity index (χ2v) is 36.4. The molecule has 0 spiro atoms. The number of hydrogen-bond acceptors (Lipinski definition) is 15. The normalized spacial score (nSPS) is 13.9. The van der Waals surface area contributed by atoms with Crippen molar-refractivity contribution in [2.45, 2.75) is 478 Å². The van der Waals surface area contributed by atoms with E-state index in [-0.39, 0.29) is 25.7 Å². The molecule has 0 radical (unpaired) electrons. The van der Waals surface area contributed by atoms with Crippen molar-refractivity contribution in [2.24, 2.45) is 23.7 Å². The van der Waals surface area contributed by atoms with Gasteiger partial charge in [-0.2, -0.15) is 0 Å². The van der Waals surface area contributed by atoms with Gasteiger partial charge in [0.2, 0.25) is 0 Å². The van der Waals surface area contributed by atoms with Crippen LogP contribution in [0.3, 0.4) is 0 Å². The van der Waals surface area contributed by atoms with E-state index in [1.165, 1.54) is 257 Å². The lowest BCUT2D eigenvalue weighted by Gasteiger charge is -2.21. The zero-order chi connectivity index (χ0) is 78.8. The van der Waals surface area contributed by atoms with E-state index < -0.39 is 97.5 Å². The lowest BCUT2D eigenvalue weighted by molar-refractivity contribution is -0.161. The molecule has 0 aliphatic heterocycles. The highest BCUT2D eigenvalue weighted by molar-refractivity contribution is 7.47. The summed E-state index contributed by atoms with van der Waals surface area (Å²) in [6.45, 7) is 14.3. The molecular formula is C88H172O17P2. The van der Waals surface area contributed by atoms with Crippen LogP contribution >= 0.6 is 15.6 Å². The fourth-order valence-corrected chi connectivity index (χ4v) is 15.3. The van der Waals surface area contributed by atoms with Crippen LogP contribution in [0.5, 0.6) is 0 Å². The van der Waals surface area contributed by atoms with Crippen LogP contribution in [-0.4, -0.2) is 96.7 Å². The molecule has 0 aliphatic carbocycles. The Morgan fingerprint density at radius 3 is 0.579 bits per heavy atom.